The number of amides is 2. The number of carbonyl (C=O) groups excluding carboxylic acids is 2. The molecule has 2 aromatic rings. The molecule has 0 saturated heterocycles. The van der Waals surface area contributed by atoms with E-state index in [1.54, 1.807) is 20.8 Å². The quantitative estimate of drug-likeness (QED) is 0.370. The van der Waals surface area contributed by atoms with Gasteiger partial charge in [0.05, 0.1) is 16.9 Å². The normalized spacial score (nSPS) is 12.0. The largest absolute Gasteiger partial charge is 0.355 e. The number of nitro benzene ring substituents is 1. The van der Waals surface area contributed by atoms with Gasteiger partial charge >= 0.3 is 0 Å². The van der Waals surface area contributed by atoms with Crippen LogP contribution in [0.2, 0.25) is 0 Å². The lowest BCUT2D eigenvalue weighted by molar-refractivity contribution is -0.384. The van der Waals surface area contributed by atoms with Gasteiger partial charge in [0, 0.05) is 25.2 Å². The number of likely N-dealkylation sites (N-methyl/N-ethyl adjacent to an activating group) is 1. The average Bonchev–Trinajstić information content (AvgIpc) is 2.78. The van der Waals surface area contributed by atoms with Crippen molar-refractivity contribution in [1.82, 2.24) is 10.2 Å². The first-order chi connectivity index (χ1) is 16.4. The van der Waals surface area contributed by atoms with Gasteiger partial charge in [-0.15, -0.1) is 0 Å². The third-order valence-electron chi connectivity index (χ3n) is 5.56. The number of hydrogen-bond acceptors (Lipinski definition) is 6. The fraction of sp³-hybridized carbons (Fsp3) is 0.417. The molecule has 0 fully saturated rings. The number of nitrogens with one attached hydrogen (secondary N) is 1. The summed E-state index contributed by atoms with van der Waals surface area (Å²) < 4.78 is 26.3. The van der Waals surface area contributed by atoms with Crippen LogP contribution in [-0.4, -0.2) is 55.4 Å². The molecule has 2 aromatic carbocycles. The van der Waals surface area contributed by atoms with E-state index in [1.165, 1.54) is 17.0 Å². The lowest BCUT2D eigenvalue weighted by Gasteiger charge is -2.33. The number of anilines is 1. The van der Waals surface area contributed by atoms with Gasteiger partial charge in [0.15, 0.2) is 0 Å². The van der Waals surface area contributed by atoms with Crippen LogP contribution in [0.1, 0.15) is 37.0 Å². The highest BCUT2D eigenvalue weighted by atomic mass is 32.2. The molecule has 190 valence electrons. The number of sulfonamides is 1. The van der Waals surface area contributed by atoms with Crippen LogP contribution in [0.15, 0.2) is 42.5 Å². The summed E-state index contributed by atoms with van der Waals surface area (Å²) in [6, 6.07) is 10.5. The minimum atomic E-state index is -3.99. The van der Waals surface area contributed by atoms with Crippen LogP contribution in [0, 0.1) is 24.0 Å². The van der Waals surface area contributed by atoms with E-state index in [2.05, 4.69) is 5.32 Å². The van der Waals surface area contributed by atoms with Crippen molar-refractivity contribution in [3.8, 4) is 0 Å². The van der Waals surface area contributed by atoms with Crippen LogP contribution >= 0.6 is 0 Å². The molecule has 0 spiro atoms. The summed E-state index contributed by atoms with van der Waals surface area (Å²) >= 11 is 0. The van der Waals surface area contributed by atoms with Gasteiger partial charge in [0.1, 0.15) is 12.6 Å². The molecule has 0 heterocycles. The molecule has 0 saturated carbocycles. The second-order valence-corrected chi connectivity index (χ2v) is 10.2. The lowest BCUT2D eigenvalue weighted by atomic mass is 10.1. The first-order valence-electron chi connectivity index (χ1n) is 11.2. The maximum absolute atomic E-state index is 13.6. The van der Waals surface area contributed by atoms with Crippen LogP contribution < -0.4 is 9.62 Å². The van der Waals surface area contributed by atoms with E-state index in [0.717, 1.165) is 27.8 Å². The Kier molecular flexibility index (Phi) is 9.35. The van der Waals surface area contributed by atoms with Crippen molar-refractivity contribution in [2.45, 2.75) is 46.7 Å². The molecule has 2 rings (SSSR count). The Labute approximate surface area is 206 Å². The van der Waals surface area contributed by atoms with E-state index in [-0.39, 0.29) is 23.8 Å². The summed E-state index contributed by atoms with van der Waals surface area (Å²) in [7, 11) is -3.99. The van der Waals surface area contributed by atoms with Crippen molar-refractivity contribution in [2.24, 2.45) is 0 Å². The molecule has 1 atom stereocenters. The van der Waals surface area contributed by atoms with Gasteiger partial charge in [-0.2, -0.15) is 0 Å². The summed E-state index contributed by atoms with van der Waals surface area (Å²) in [5, 5.41) is 14.0. The summed E-state index contributed by atoms with van der Waals surface area (Å²) in [5.41, 5.74) is 2.01. The number of nitro groups is 1. The first-order valence-corrected chi connectivity index (χ1v) is 13.1. The number of benzene rings is 2. The average molecular weight is 505 g/mol. The fourth-order valence-electron chi connectivity index (χ4n) is 3.68. The minimum Gasteiger partial charge on any atom is -0.355 e. The minimum absolute atomic E-state index is 0.0383. The molecule has 0 aliphatic heterocycles. The summed E-state index contributed by atoms with van der Waals surface area (Å²) in [5.74, 6) is -0.937. The van der Waals surface area contributed by atoms with Gasteiger partial charge in [-0.3, -0.25) is 24.0 Å². The van der Waals surface area contributed by atoms with E-state index >= 15 is 0 Å². The Morgan fingerprint density at radius 3 is 2.23 bits per heavy atom. The van der Waals surface area contributed by atoms with E-state index in [9.17, 15) is 28.1 Å². The highest BCUT2D eigenvalue weighted by molar-refractivity contribution is 7.92. The Morgan fingerprint density at radius 1 is 1.09 bits per heavy atom. The molecule has 0 unspecified atom stereocenters. The van der Waals surface area contributed by atoms with Crippen LogP contribution in [0.25, 0.3) is 0 Å². The Bertz CT molecular complexity index is 1180. The topological polar surface area (TPSA) is 130 Å². The zero-order valence-electron chi connectivity index (χ0n) is 20.6. The third-order valence-corrected chi connectivity index (χ3v) is 6.69. The van der Waals surface area contributed by atoms with Gasteiger partial charge in [-0.25, -0.2) is 8.42 Å². The van der Waals surface area contributed by atoms with E-state index < -0.39 is 33.4 Å². The number of non-ortho nitro benzene ring substituents is 1. The molecule has 0 radical (unpaired) electrons. The Hall–Kier alpha value is -3.47. The summed E-state index contributed by atoms with van der Waals surface area (Å²) in [6.07, 6.45) is 1.25. The summed E-state index contributed by atoms with van der Waals surface area (Å²) in [6.45, 7) is 6.95. The molecule has 0 aliphatic carbocycles. The van der Waals surface area contributed by atoms with Crippen LogP contribution in [0.5, 0.6) is 0 Å². The lowest BCUT2D eigenvalue weighted by Crippen LogP contribution is -2.52. The molecular formula is C24H32N4O6S. The zero-order valence-corrected chi connectivity index (χ0v) is 21.5. The molecule has 2 amide bonds. The van der Waals surface area contributed by atoms with Gasteiger partial charge in [0.2, 0.25) is 21.8 Å². The third kappa shape index (κ3) is 7.25. The molecule has 0 aromatic heterocycles. The maximum Gasteiger partial charge on any atom is 0.271 e. The van der Waals surface area contributed by atoms with Gasteiger partial charge in [-0.1, -0.05) is 42.8 Å². The Balaban J connectivity index is 2.51. The second-order valence-electron chi connectivity index (χ2n) is 8.32. The fourth-order valence-corrected chi connectivity index (χ4v) is 4.58. The maximum atomic E-state index is 13.6. The van der Waals surface area contributed by atoms with E-state index in [1.807, 2.05) is 31.2 Å². The van der Waals surface area contributed by atoms with Crippen LogP contribution in [0.3, 0.4) is 0 Å². The molecule has 1 N–H and O–H groups in total. The van der Waals surface area contributed by atoms with Crippen molar-refractivity contribution in [3.63, 3.8) is 0 Å². The van der Waals surface area contributed by atoms with Crippen LogP contribution in [0.4, 0.5) is 11.4 Å². The number of nitrogens with zero attached hydrogens (tertiary/aromatic N) is 3. The monoisotopic (exact) mass is 504 g/mol. The van der Waals surface area contributed by atoms with E-state index in [4.69, 9.17) is 0 Å². The molecular weight excluding hydrogens is 472 g/mol. The number of carbonyl (C=O) groups is 2. The highest BCUT2D eigenvalue weighted by Gasteiger charge is 2.32. The van der Waals surface area contributed by atoms with Gasteiger partial charge in [0.25, 0.3) is 5.69 Å². The Morgan fingerprint density at radius 2 is 1.71 bits per heavy atom. The molecule has 10 nitrogen and oxygen atoms in total. The predicted molar refractivity (Wildman–Crippen MR) is 135 cm³/mol. The van der Waals surface area contributed by atoms with Gasteiger partial charge < -0.3 is 10.2 Å². The molecule has 35 heavy (non-hydrogen) atoms. The summed E-state index contributed by atoms with van der Waals surface area (Å²) in [4.78, 5) is 38.4. The molecule has 11 heteroatoms. The highest BCUT2D eigenvalue weighted by Crippen LogP contribution is 2.28. The van der Waals surface area contributed by atoms with E-state index in [0.29, 0.717) is 18.5 Å². The van der Waals surface area contributed by atoms with Crippen molar-refractivity contribution in [1.29, 1.82) is 0 Å². The van der Waals surface area contributed by atoms with Gasteiger partial charge in [-0.05, 0) is 38.3 Å². The first kappa shape index (κ1) is 27.8. The molecule has 0 aliphatic rings. The SMILES string of the molecule is CCNC(=O)[C@H](CC)N(Cc1ccc(C)cc1)C(=O)CN(c1cc([N+](=O)[O-])ccc1C)S(C)(=O)=O. The second kappa shape index (κ2) is 11.8. The smallest absolute Gasteiger partial charge is 0.271 e. The van der Waals surface area contributed by atoms with Crippen LogP contribution in [-0.2, 0) is 26.2 Å². The van der Waals surface area contributed by atoms with Crippen molar-refractivity contribution in [3.05, 3.63) is 69.3 Å². The van der Waals surface area contributed by atoms with Crippen molar-refractivity contribution < 1.29 is 22.9 Å². The number of rotatable bonds is 11. The molecule has 0 bridgehead atoms. The number of aryl methyl sites for hydroxylation is 2. The zero-order chi connectivity index (χ0) is 26.3. The number of hydrogen-bond donors (Lipinski definition) is 1. The van der Waals surface area contributed by atoms with Crippen molar-refractivity contribution in [2.75, 3.05) is 23.7 Å². The van der Waals surface area contributed by atoms with Crippen molar-refractivity contribution >= 4 is 33.2 Å². The predicted octanol–water partition coefficient (Wildman–Crippen LogP) is 2.92. The standard InChI is InChI=1S/C24H32N4O6S/c1-6-21(24(30)25-7-2)26(15-19-11-8-17(3)9-12-19)23(29)16-27(35(5,33)34)22-14-20(28(31)32)13-10-18(22)4/h8-14,21H,6-7,15-16H2,1-5H3,(H,25,30)/t21-/m0/s1.